The normalized spacial score (nSPS) is 10.2. The number of amides is 1. The van der Waals surface area contributed by atoms with Crippen molar-refractivity contribution in [1.29, 1.82) is 0 Å². The minimum absolute atomic E-state index is 0. The average molecular weight is 376 g/mol. The molecule has 4 rings (SSSR count). The standard InChI is InChI=1S/C22H17N3O.ClH/c23-19-8-1-2-9-20(19)25-22(26)17-12-10-15(11-13-17)18-7-3-5-16-6-4-14-24-21(16)18;/h1-14H,23H2,(H,25,26);1H. The number of halogens is 1. The molecular formula is C22H18ClN3O. The summed E-state index contributed by atoms with van der Waals surface area (Å²) in [4.78, 5) is 16.9. The van der Waals surface area contributed by atoms with Crippen LogP contribution < -0.4 is 11.1 Å². The summed E-state index contributed by atoms with van der Waals surface area (Å²) in [6.45, 7) is 0. The third-order valence-electron chi connectivity index (χ3n) is 4.30. The van der Waals surface area contributed by atoms with Crippen LogP contribution in [0.25, 0.3) is 22.0 Å². The molecule has 0 aliphatic heterocycles. The van der Waals surface area contributed by atoms with E-state index < -0.39 is 0 Å². The number of rotatable bonds is 3. The first-order valence-corrected chi connectivity index (χ1v) is 8.32. The maximum absolute atomic E-state index is 12.4. The molecule has 5 heteroatoms. The van der Waals surface area contributed by atoms with E-state index in [0.29, 0.717) is 16.9 Å². The van der Waals surface area contributed by atoms with Crippen molar-refractivity contribution in [3.63, 3.8) is 0 Å². The van der Waals surface area contributed by atoms with Crippen LogP contribution in [0.1, 0.15) is 10.4 Å². The molecule has 0 bridgehead atoms. The van der Waals surface area contributed by atoms with E-state index in [2.05, 4.69) is 10.3 Å². The first-order chi connectivity index (χ1) is 12.7. The van der Waals surface area contributed by atoms with Gasteiger partial charge in [0.25, 0.3) is 5.91 Å². The van der Waals surface area contributed by atoms with Crippen molar-refractivity contribution in [2.45, 2.75) is 0 Å². The molecule has 0 spiro atoms. The molecule has 4 nitrogen and oxygen atoms in total. The number of nitrogens with zero attached hydrogens (tertiary/aromatic N) is 1. The highest BCUT2D eigenvalue weighted by atomic mass is 35.5. The number of hydrogen-bond acceptors (Lipinski definition) is 3. The number of carbonyl (C=O) groups excluding carboxylic acids is 1. The van der Waals surface area contributed by atoms with Crippen LogP contribution in [-0.2, 0) is 0 Å². The van der Waals surface area contributed by atoms with Crippen LogP contribution in [0.4, 0.5) is 11.4 Å². The minimum atomic E-state index is -0.189. The summed E-state index contributed by atoms with van der Waals surface area (Å²) in [7, 11) is 0. The van der Waals surface area contributed by atoms with Crippen LogP contribution in [0.5, 0.6) is 0 Å². The third kappa shape index (κ3) is 3.76. The third-order valence-corrected chi connectivity index (χ3v) is 4.30. The van der Waals surface area contributed by atoms with Gasteiger partial charge in [0.1, 0.15) is 0 Å². The zero-order valence-corrected chi connectivity index (χ0v) is 15.2. The van der Waals surface area contributed by atoms with E-state index in [1.165, 1.54) is 0 Å². The molecule has 0 radical (unpaired) electrons. The molecule has 0 saturated heterocycles. The zero-order chi connectivity index (χ0) is 17.9. The summed E-state index contributed by atoms with van der Waals surface area (Å²) >= 11 is 0. The molecule has 27 heavy (non-hydrogen) atoms. The molecule has 0 saturated carbocycles. The van der Waals surface area contributed by atoms with Crippen molar-refractivity contribution >= 4 is 40.6 Å². The van der Waals surface area contributed by atoms with Gasteiger partial charge in [-0.3, -0.25) is 9.78 Å². The van der Waals surface area contributed by atoms with Crippen LogP contribution in [0, 0.1) is 0 Å². The fraction of sp³-hybridized carbons (Fsp3) is 0. The van der Waals surface area contributed by atoms with Gasteiger partial charge in [-0.05, 0) is 35.9 Å². The summed E-state index contributed by atoms with van der Waals surface area (Å²) < 4.78 is 0. The lowest BCUT2D eigenvalue weighted by Gasteiger charge is -2.09. The molecule has 0 unspecified atom stereocenters. The number of nitrogen functional groups attached to an aromatic ring is 1. The SMILES string of the molecule is Cl.Nc1ccccc1NC(=O)c1ccc(-c2cccc3cccnc23)cc1. The van der Waals surface area contributed by atoms with Crippen LogP contribution >= 0.6 is 12.4 Å². The Bertz CT molecular complexity index is 1090. The molecule has 0 aliphatic rings. The monoisotopic (exact) mass is 375 g/mol. The second-order valence-corrected chi connectivity index (χ2v) is 6.00. The lowest BCUT2D eigenvalue weighted by atomic mass is 10.0. The summed E-state index contributed by atoms with van der Waals surface area (Å²) in [6, 6.07) is 24.8. The number of pyridine rings is 1. The minimum Gasteiger partial charge on any atom is -0.397 e. The number of nitrogens with one attached hydrogen (secondary N) is 1. The number of para-hydroxylation sites is 3. The van der Waals surface area contributed by atoms with Crippen molar-refractivity contribution in [2.75, 3.05) is 11.1 Å². The molecule has 0 atom stereocenters. The van der Waals surface area contributed by atoms with E-state index in [1.54, 1.807) is 18.3 Å². The van der Waals surface area contributed by atoms with E-state index in [0.717, 1.165) is 22.0 Å². The smallest absolute Gasteiger partial charge is 0.255 e. The van der Waals surface area contributed by atoms with Gasteiger partial charge in [-0.1, -0.05) is 48.5 Å². The Morgan fingerprint density at radius 2 is 1.59 bits per heavy atom. The molecule has 4 aromatic rings. The fourth-order valence-corrected chi connectivity index (χ4v) is 2.94. The Hall–Kier alpha value is -3.37. The highest BCUT2D eigenvalue weighted by molar-refractivity contribution is 6.06. The summed E-state index contributed by atoms with van der Waals surface area (Å²) in [5.74, 6) is -0.189. The quantitative estimate of drug-likeness (QED) is 0.486. The second kappa shape index (κ2) is 7.89. The van der Waals surface area contributed by atoms with Crippen LogP contribution in [0.2, 0.25) is 0 Å². The van der Waals surface area contributed by atoms with E-state index in [-0.39, 0.29) is 18.3 Å². The van der Waals surface area contributed by atoms with Gasteiger partial charge in [-0.2, -0.15) is 0 Å². The summed E-state index contributed by atoms with van der Waals surface area (Å²) in [5, 5.41) is 3.93. The van der Waals surface area contributed by atoms with Gasteiger partial charge < -0.3 is 11.1 Å². The zero-order valence-electron chi connectivity index (χ0n) is 14.4. The topological polar surface area (TPSA) is 68.0 Å². The maximum Gasteiger partial charge on any atom is 0.255 e. The van der Waals surface area contributed by atoms with E-state index in [9.17, 15) is 4.79 Å². The predicted molar refractivity (Wildman–Crippen MR) is 113 cm³/mol. The van der Waals surface area contributed by atoms with Gasteiger partial charge in [0.2, 0.25) is 0 Å². The number of aromatic nitrogens is 1. The predicted octanol–water partition coefficient (Wildman–Crippen LogP) is 5.16. The number of carbonyl (C=O) groups is 1. The van der Waals surface area contributed by atoms with Crippen LogP contribution in [0.15, 0.2) is 85.1 Å². The highest BCUT2D eigenvalue weighted by Crippen LogP contribution is 2.27. The van der Waals surface area contributed by atoms with E-state index in [4.69, 9.17) is 5.73 Å². The molecule has 0 fully saturated rings. The van der Waals surface area contributed by atoms with E-state index in [1.807, 2.05) is 66.7 Å². The Labute approximate surface area is 163 Å². The first kappa shape index (κ1) is 18.4. The molecule has 3 N–H and O–H groups in total. The van der Waals surface area contributed by atoms with Crippen molar-refractivity contribution in [1.82, 2.24) is 4.98 Å². The fourth-order valence-electron chi connectivity index (χ4n) is 2.94. The molecule has 1 heterocycles. The Morgan fingerprint density at radius 3 is 2.37 bits per heavy atom. The van der Waals surface area contributed by atoms with Gasteiger partial charge in [0.15, 0.2) is 0 Å². The second-order valence-electron chi connectivity index (χ2n) is 6.00. The Morgan fingerprint density at radius 1 is 0.852 bits per heavy atom. The Kier molecular flexibility index (Phi) is 5.38. The Balaban J connectivity index is 0.00000210. The molecule has 1 aromatic heterocycles. The van der Waals surface area contributed by atoms with Crippen molar-refractivity contribution in [2.24, 2.45) is 0 Å². The van der Waals surface area contributed by atoms with Crippen molar-refractivity contribution in [3.8, 4) is 11.1 Å². The van der Waals surface area contributed by atoms with Gasteiger partial charge in [0, 0.05) is 22.7 Å². The van der Waals surface area contributed by atoms with Crippen molar-refractivity contribution < 1.29 is 4.79 Å². The molecule has 0 aliphatic carbocycles. The molecular weight excluding hydrogens is 358 g/mol. The van der Waals surface area contributed by atoms with Gasteiger partial charge in [0.05, 0.1) is 16.9 Å². The van der Waals surface area contributed by atoms with Gasteiger partial charge in [-0.15, -0.1) is 12.4 Å². The van der Waals surface area contributed by atoms with Crippen molar-refractivity contribution in [3.05, 3.63) is 90.6 Å². The number of fused-ring (bicyclic) bond motifs is 1. The summed E-state index contributed by atoms with van der Waals surface area (Å²) in [6.07, 6.45) is 1.79. The highest BCUT2D eigenvalue weighted by Gasteiger charge is 2.09. The number of hydrogen-bond donors (Lipinski definition) is 2. The van der Waals surface area contributed by atoms with Crippen LogP contribution in [0.3, 0.4) is 0 Å². The van der Waals surface area contributed by atoms with Crippen LogP contribution in [-0.4, -0.2) is 10.9 Å². The van der Waals surface area contributed by atoms with Gasteiger partial charge in [-0.25, -0.2) is 0 Å². The first-order valence-electron chi connectivity index (χ1n) is 8.32. The number of nitrogens with two attached hydrogens (primary N) is 1. The lowest BCUT2D eigenvalue weighted by Crippen LogP contribution is -2.12. The maximum atomic E-state index is 12.4. The molecule has 1 amide bonds. The largest absolute Gasteiger partial charge is 0.397 e. The molecule has 134 valence electrons. The molecule has 3 aromatic carbocycles. The number of anilines is 2. The average Bonchev–Trinajstić information content (AvgIpc) is 2.69. The number of benzene rings is 3. The lowest BCUT2D eigenvalue weighted by molar-refractivity contribution is 0.102. The summed E-state index contributed by atoms with van der Waals surface area (Å²) in [5.41, 5.74) is 10.6. The van der Waals surface area contributed by atoms with E-state index >= 15 is 0 Å². The van der Waals surface area contributed by atoms with Gasteiger partial charge >= 0.3 is 0 Å².